The number of hydrogen-bond donors (Lipinski definition) is 2. The third-order valence-electron chi connectivity index (χ3n) is 4.71. The van der Waals surface area contributed by atoms with Gasteiger partial charge in [-0.25, -0.2) is 0 Å². The Morgan fingerprint density at radius 2 is 1.56 bits per heavy atom. The van der Waals surface area contributed by atoms with Crippen molar-refractivity contribution in [2.45, 2.75) is 25.2 Å². The second kappa shape index (κ2) is 10.00. The summed E-state index contributed by atoms with van der Waals surface area (Å²) in [6, 6.07) is 19.5. The van der Waals surface area contributed by atoms with Crippen LogP contribution in [0.5, 0.6) is 5.75 Å². The lowest BCUT2D eigenvalue weighted by Gasteiger charge is -2.18. The fraction of sp³-hybridized carbons (Fsp3) is 0.167. The predicted octanol–water partition coefficient (Wildman–Crippen LogP) is 4.11. The van der Waals surface area contributed by atoms with E-state index in [1.807, 2.05) is 30.3 Å². The van der Waals surface area contributed by atoms with E-state index in [0.717, 1.165) is 17.7 Å². The van der Waals surface area contributed by atoms with Crippen molar-refractivity contribution < 1.29 is 27.5 Å². The number of halogens is 3. The molecule has 0 aliphatic carbocycles. The number of nitrogens with two attached hydrogens (primary N) is 1. The minimum Gasteiger partial charge on any atom is -0.489 e. The molecular weight excluding hydrogens is 421 g/mol. The molecule has 5 nitrogen and oxygen atoms in total. The number of ether oxygens (including phenoxy) is 1. The van der Waals surface area contributed by atoms with Crippen LogP contribution in [0.1, 0.15) is 27.0 Å². The van der Waals surface area contributed by atoms with Gasteiger partial charge in [-0.1, -0.05) is 54.6 Å². The summed E-state index contributed by atoms with van der Waals surface area (Å²) in [7, 11) is 0. The summed E-state index contributed by atoms with van der Waals surface area (Å²) in [5.74, 6) is -1.35. The quantitative estimate of drug-likeness (QED) is 0.551. The summed E-state index contributed by atoms with van der Waals surface area (Å²) in [6.45, 7) is 0.342. The zero-order valence-corrected chi connectivity index (χ0v) is 16.9. The van der Waals surface area contributed by atoms with E-state index >= 15 is 0 Å². The summed E-state index contributed by atoms with van der Waals surface area (Å²) in [5.41, 5.74) is 5.34. The molecule has 0 spiro atoms. The van der Waals surface area contributed by atoms with E-state index in [0.29, 0.717) is 17.9 Å². The number of nitrogens with one attached hydrogen (secondary N) is 1. The summed E-state index contributed by atoms with van der Waals surface area (Å²) < 4.78 is 45.4. The maximum atomic E-state index is 13.2. The van der Waals surface area contributed by atoms with Gasteiger partial charge in [-0.05, 0) is 35.4 Å². The molecule has 32 heavy (non-hydrogen) atoms. The summed E-state index contributed by atoms with van der Waals surface area (Å²) in [5, 5.41) is 2.32. The number of carbonyl (C=O) groups is 2. The molecule has 0 bridgehead atoms. The SMILES string of the molecule is NC(=O)[C@H](Cc1cccc(OCc2ccccc2)c1)NC(=O)c1ccccc1C(F)(F)F. The number of rotatable bonds is 8. The second-order valence-electron chi connectivity index (χ2n) is 7.10. The number of carbonyl (C=O) groups excluding carboxylic acids is 2. The number of alkyl halides is 3. The van der Waals surface area contributed by atoms with Crippen molar-refractivity contribution in [2.75, 3.05) is 0 Å². The summed E-state index contributed by atoms with van der Waals surface area (Å²) >= 11 is 0. The molecule has 0 unspecified atom stereocenters. The van der Waals surface area contributed by atoms with Crippen molar-refractivity contribution in [2.24, 2.45) is 5.73 Å². The Bertz CT molecular complexity index is 1090. The van der Waals surface area contributed by atoms with Gasteiger partial charge in [-0.15, -0.1) is 0 Å². The molecule has 3 aromatic rings. The van der Waals surface area contributed by atoms with Gasteiger partial charge in [-0.3, -0.25) is 9.59 Å². The molecule has 0 radical (unpaired) electrons. The Labute approximate surface area is 183 Å². The van der Waals surface area contributed by atoms with Crippen LogP contribution in [0.2, 0.25) is 0 Å². The first kappa shape index (κ1) is 22.9. The van der Waals surface area contributed by atoms with E-state index in [2.05, 4.69) is 5.32 Å². The van der Waals surface area contributed by atoms with Crippen molar-refractivity contribution in [1.82, 2.24) is 5.32 Å². The molecule has 8 heteroatoms. The average molecular weight is 442 g/mol. The Morgan fingerprint density at radius 1 is 0.906 bits per heavy atom. The predicted molar refractivity (Wildman–Crippen MR) is 113 cm³/mol. The maximum absolute atomic E-state index is 13.2. The van der Waals surface area contributed by atoms with Crippen LogP contribution in [-0.4, -0.2) is 17.9 Å². The molecule has 0 fully saturated rings. The highest BCUT2D eigenvalue weighted by molar-refractivity contribution is 5.98. The van der Waals surface area contributed by atoms with Crippen LogP contribution in [0.3, 0.4) is 0 Å². The lowest BCUT2D eigenvalue weighted by Crippen LogP contribution is -2.46. The molecule has 1 atom stereocenters. The van der Waals surface area contributed by atoms with Crippen LogP contribution >= 0.6 is 0 Å². The first-order chi connectivity index (χ1) is 15.2. The Balaban J connectivity index is 1.71. The van der Waals surface area contributed by atoms with Crippen LogP contribution in [-0.2, 0) is 24.0 Å². The Kier molecular flexibility index (Phi) is 7.14. The standard InChI is InChI=1S/C24H21F3N2O3/c25-24(26,27)20-12-5-4-11-19(20)23(31)29-21(22(28)30)14-17-9-6-10-18(13-17)32-15-16-7-2-1-3-8-16/h1-13,21H,14-15H2,(H2,28,30)(H,29,31)/t21-/m0/s1. The van der Waals surface area contributed by atoms with Gasteiger partial charge in [0.1, 0.15) is 18.4 Å². The lowest BCUT2D eigenvalue weighted by atomic mass is 10.0. The fourth-order valence-corrected chi connectivity index (χ4v) is 3.13. The molecule has 3 aromatic carbocycles. The number of amides is 2. The van der Waals surface area contributed by atoms with Gasteiger partial charge < -0.3 is 15.8 Å². The fourth-order valence-electron chi connectivity index (χ4n) is 3.13. The molecule has 3 rings (SSSR count). The third kappa shape index (κ3) is 6.10. The maximum Gasteiger partial charge on any atom is 0.417 e. The summed E-state index contributed by atoms with van der Waals surface area (Å²) in [6.07, 6.45) is -4.71. The smallest absolute Gasteiger partial charge is 0.417 e. The normalized spacial score (nSPS) is 12.1. The van der Waals surface area contributed by atoms with Crippen LogP contribution in [0.4, 0.5) is 13.2 Å². The first-order valence-corrected chi connectivity index (χ1v) is 9.76. The van der Waals surface area contributed by atoms with Crippen LogP contribution < -0.4 is 15.8 Å². The van der Waals surface area contributed by atoms with E-state index in [-0.39, 0.29) is 6.42 Å². The minimum atomic E-state index is -4.71. The second-order valence-corrected chi connectivity index (χ2v) is 7.10. The number of benzene rings is 3. The topological polar surface area (TPSA) is 81.4 Å². The molecule has 0 aromatic heterocycles. The van der Waals surface area contributed by atoms with Gasteiger partial charge in [-0.2, -0.15) is 13.2 Å². The van der Waals surface area contributed by atoms with Gasteiger partial charge in [0.15, 0.2) is 0 Å². The van der Waals surface area contributed by atoms with Crippen molar-refractivity contribution in [1.29, 1.82) is 0 Å². The molecule has 0 aliphatic rings. The zero-order chi connectivity index (χ0) is 23.1. The highest BCUT2D eigenvalue weighted by Gasteiger charge is 2.35. The van der Waals surface area contributed by atoms with Crippen molar-refractivity contribution in [3.63, 3.8) is 0 Å². The van der Waals surface area contributed by atoms with Crippen LogP contribution in [0.15, 0.2) is 78.9 Å². The number of hydrogen-bond acceptors (Lipinski definition) is 3. The van der Waals surface area contributed by atoms with Crippen LogP contribution in [0, 0.1) is 0 Å². The van der Waals surface area contributed by atoms with Gasteiger partial charge in [0.05, 0.1) is 11.1 Å². The average Bonchev–Trinajstić information content (AvgIpc) is 2.77. The Morgan fingerprint density at radius 3 is 2.25 bits per heavy atom. The van der Waals surface area contributed by atoms with E-state index in [1.54, 1.807) is 24.3 Å². The van der Waals surface area contributed by atoms with Gasteiger partial charge in [0.25, 0.3) is 5.91 Å². The van der Waals surface area contributed by atoms with E-state index in [4.69, 9.17) is 10.5 Å². The largest absolute Gasteiger partial charge is 0.489 e. The molecule has 166 valence electrons. The van der Waals surface area contributed by atoms with E-state index < -0.39 is 35.2 Å². The third-order valence-corrected chi connectivity index (χ3v) is 4.71. The van der Waals surface area contributed by atoms with Gasteiger partial charge in [0.2, 0.25) is 5.91 Å². The Hall–Kier alpha value is -3.81. The number of primary amides is 1. The highest BCUT2D eigenvalue weighted by atomic mass is 19.4. The van der Waals surface area contributed by atoms with Crippen molar-refractivity contribution >= 4 is 11.8 Å². The van der Waals surface area contributed by atoms with Gasteiger partial charge >= 0.3 is 6.18 Å². The molecule has 3 N–H and O–H groups in total. The molecule has 0 heterocycles. The highest BCUT2D eigenvalue weighted by Crippen LogP contribution is 2.31. The molecule has 0 saturated heterocycles. The van der Waals surface area contributed by atoms with Gasteiger partial charge in [0, 0.05) is 6.42 Å². The molecule has 0 saturated carbocycles. The zero-order valence-electron chi connectivity index (χ0n) is 16.9. The van der Waals surface area contributed by atoms with E-state index in [1.165, 1.54) is 12.1 Å². The molecule has 2 amide bonds. The summed E-state index contributed by atoms with van der Waals surface area (Å²) in [4.78, 5) is 24.4. The first-order valence-electron chi connectivity index (χ1n) is 9.76. The van der Waals surface area contributed by atoms with E-state index in [9.17, 15) is 22.8 Å². The monoisotopic (exact) mass is 442 g/mol. The lowest BCUT2D eigenvalue weighted by molar-refractivity contribution is -0.137. The molecular formula is C24H21F3N2O3. The van der Waals surface area contributed by atoms with Crippen molar-refractivity contribution in [3.8, 4) is 5.75 Å². The van der Waals surface area contributed by atoms with Crippen LogP contribution in [0.25, 0.3) is 0 Å². The minimum absolute atomic E-state index is 0.00219. The molecule has 0 aliphatic heterocycles. The van der Waals surface area contributed by atoms with Crippen molar-refractivity contribution in [3.05, 3.63) is 101 Å².